The van der Waals surface area contributed by atoms with Crippen LogP contribution in [0, 0.1) is 0 Å². The molecule has 0 aliphatic carbocycles. The molecule has 2 nitrogen and oxygen atoms in total. The molecule has 0 N–H and O–H groups in total. The average Bonchev–Trinajstić information content (AvgIpc) is 2.27. The number of carbonyl (C=O) groups excluding carboxylic acids is 1. The van der Waals surface area contributed by atoms with Crippen molar-refractivity contribution in [3.63, 3.8) is 0 Å². The van der Waals surface area contributed by atoms with Gasteiger partial charge in [-0.1, -0.05) is 26.0 Å². The second kappa shape index (κ2) is 4.52. The van der Waals surface area contributed by atoms with Gasteiger partial charge in [-0.2, -0.15) is 0 Å². The second-order valence-electron chi connectivity index (χ2n) is 5.32. The number of hydrogen-bond acceptors (Lipinski definition) is 1. The van der Waals surface area contributed by atoms with Gasteiger partial charge in [-0.15, -0.1) is 0 Å². The van der Waals surface area contributed by atoms with Crippen LogP contribution < -0.4 is 4.90 Å². The van der Waals surface area contributed by atoms with Gasteiger partial charge < -0.3 is 4.90 Å². The fraction of sp³-hybridized carbons (Fsp3) is 0.533. The number of fused-ring (bicyclic) bond motifs is 1. The fourth-order valence-corrected chi connectivity index (χ4v) is 2.61. The van der Waals surface area contributed by atoms with E-state index in [2.05, 4.69) is 39.0 Å². The van der Waals surface area contributed by atoms with Crippen LogP contribution in [-0.2, 0) is 11.2 Å². The molecule has 0 unspecified atom stereocenters. The molecule has 2 rings (SSSR count). The summed E-state index contributed by atoms with van der Waals surface area (Å²) in [6.45, 7) is 8.19. The predicted molar refractivity (Wildman–Crippen MR) is 71.5 cm³/mol. The van der Waals surface area contributed by atoms with Gasteiger partial charge in [0.25, 0.3) is 0 Å². The van der Waals surface area contributed by atoms with Gasteiger partial charge in [0.05, 0.1) is 0 Å². The lowest BCUT2D eigenvalue weighted by atomic mass is 9.92. The molecule has 0 saturated carbocycles. The van der Waals surface area contributed by atoms with E-state index in [0.717, 1.165) is 18.5 Å². The van der Waals surface area contributed by atoms with Gasteiger partial charge >= 0.3 is 0 Å². The zero-order valence-electron chi connectivity index (χ0n) is 11.2. The molecule has 0 spiro atoms. The maximum Gasteiger partial charge on any atom is 0.224 e. The summed E-state index contributed by atoms with van der Waals surface area (Å²) in [7, 11) is 0. The van der Waals surface area contributed by atoms with Crippen LogP contribution >= 0.6 is 0 Å². The number of carbonyl (C=O) groups is 1. The molecule has 0 saturated heterocycles. The summed E-state index contributed by atoms with van der Waals surface area (Å²) < 4.78 is 0. The summed E-state index contributed by atoms with van der Waals surface area (Å²) in [4.78, 5) is 13.7. The van der Waals surface area contributed by atoms with Gasteiger partial charge in [0.2, 0.25) is 5.91 Å². The Kier molecular flexibility index (Phi) is 3.23. The van der Waals surface area contributed by atoms with E-state index in [0.29, 0.717) is 12.0 Å². The Hall–Kier alpha value is -1.31. The molecule has 2 heteroatoms. The van der Waals surface area contributed by atoms with Crippen molar-refractivity contribution in [2.24, 2.45) is 0 Å². The number of benzene rings is 1. The summed E-state index contributed by atoms with van der Waals surface area (Å²) in [5.41, 5.74) is 3.80. The van der Waals surface area contributed by atoms with Crippen molar-refractivity contribution >= 4 is 11.6 Å². The van der Waals surface area contributed by atoms with Crippen LogP contribution in [0.2, 0.25) is 0 Å². The molecule has 1 amide bonds. The number of amides is 1. The van der Waals surface area contributed by atoms with Crippen molar-refractivity contribution in [1.82, 2.24) is 0 Å². The lowest BCUT2D eigenvalue weighted by Gasteiger charge is -2.35. The average molecular weight is 231 g/mol. The van der Waals surface area contributed by atoms with Crippen LogP contribution in [0.4, 0.5) is 5.69 Å². The van der Waals surface area contributed by atoms with Crippen LogP contribution in [0.1, 0.15) is 51.2 Å². The third kappa shape index (κ3) is 2.21. The zero-order valence-corrected chi connectivity index (χ0v) is 11.2. The van der Waals surface area contributed by atoms with E-state index in [-0.39, 0.29) is 5.91 Å². The maximum absolute atomic E-state index is 11.7. The minimum absolute atomic E-state index is 0.149. The Labute approximate surface area is 104 Å². The van der Waals surface area contributed by atoms with Crippen molar-refractivity contribution in [2.75, 3.05) is 4.90 Å². The molecule has 0 aromatic heterocycles. The molecule has 1 atom stereocenters. The molecule has 1 heterocycles. The van der Waals surface area contributed by atoms with Gasteiger partial charge in [-0.05, 0) is 42.9 Å². The first kappa shape index (κ1) is 12.2. The smallest absolute Gasteiger partial charge is 0.224 e. The third-order valence-corrected chi connectivity index (χ3v) is 3.64. The SMILES string of the molecule is CC(=O)N1c2ccc(C(C)C)cc2CC[C@H]1C. The summed E-state index contributed by atoms with van der Waals surface area (Å²) in [6, 6.07) is 6.85. The van der Waals surface area contributed by atoms with Crippen LogP contribution in [0.15, 0.2) is 18.2 Å². The van der Waals surface area contributed by atoms with E-state index >= 15 is 0 Å². The van der Waals surface area contributed by atoms with Crippen molar-refractivity contribution < 1.29 is 4.79 Å². The zero-order chi connectivity index (χ0) is 12.6. The molecule has 0 radical (unpaired) electrons. The first-order chi connectivity index (χ1) is 8.00. The van der Waals surface area contributed by atoms with Gasteiger partial charge in [0, 0.05) is 18.7 Å². The van der Waals surface area contributed by atoms with Crippen molar-refractivity contribution in [3.8, 4) is 0 Å². The number of aryl methyl sites for hydroxylation is 1. The van der Waals surface area contributed by atoms with Gasteiger partial charge in [-0.3, -0.25) is 4.79 Å². The van der Waals surface area contributed by atoms with Crippen LogP contribution in [0.5, 0.6) is 0 Å². The minimum Gasteiger partial charge on any atom is -0.310 e. The van der Waals surface area contributed by atoms with E-state index in [1.807, 2.05) is 4.90 Å². The Balaban J connectivity index is 2.44. The van der Waals surface area contributed by atoms with Crippen LogP contribution in [-0.4, -0.2) is 11.9 Å². The Morgan fingerprint density at radius 2 is 2.12 bits per heavy atom. The van der Waals surface area contributed by atoms with Gasteiger partial charge in [-0.25, -0.2) is 0 Å². The molecule has 1 aliphatic rings. The Morgan fingerprint density at radius 1 is 1.41 bits per heavy atom. The summed E-state index contributed by atoms with van der Waals surface area (Å²) in [5.74, 6) is 0.696. The maximum atomic E-state index is 11.7. The number of anilines is 1. The normalized spacial score (nSPS) is 19.4. The second-order valence-corrected chi connectivity index (χ2v) is 5.32. The molecular formula is C15H21NO. The van der Waals surface area contributed by atoms with Gasteiger partial charge in [0.1, 0.15) is 0 Å². The monoisotopic (exact) mass is 231 g/mol. The largest absolute Gasteiger partial charge is 0.310 e. The summed E-state index contributed by atoms with van der Waals surface area (Å²) in [5, 5.41) is 0. The standard InChI is InChI=1S/C15H21NO/c1-10(2)13-7-8-15-14(9-13)6-5-11(3)16(15)12(4)17/h7-11H,5-6H2,1-4H3/t11-/m1/s1. The van der Waals surface area contributed by atoms with Crippen LogP contribution in [0.3, 0.4) is 0 Å². The molecule has 1 aromatic carbocycles. The molecule has 92 valence electrons. The van der Waals surface area contributed by atoms with Crippen molar-refractivity contribution in [2.45, 2.75) is 52.5 Å². The fourth-order valence-electron chi connectivity index (χ4n) is 2.61. The first-order valence-corrected chi connectivity index (χ1v) is 6.43. The predicted octanol–water partition coefficient (Wildman–Crippen LogP) is 3.50. The molecular weight excluding hydrogens is 210 g/mol. The lowest BCUT2D eigenvalue weighted by Crippen LogP contribution is -2.40. The van der Waals surface area contributed by atoms with Crippen molar-refractivity contribution in [1.29, 1.82) is 0 Å². The molecule has 1 aliphatic heterocycles. The molecule has 0 fully saturated rings. The molecule has 17 heavy (non-hydrogen) atoms. The van der Waals surface area contributed by atoms with E-state index in [4.69, 9.17) is 0 Å². The van der Waals surface area contributed by atoms with Crippen molar-refractivity contribution in [3.05, 3.63) is 29.3 Å². The molecule has 0 bridgehead atoms. The minimum atomic E-state index is 0.149. The highest BCUT2D eigenvalue weighted by Crippen LogP contribution is 2.32. The number of hydrogen-bond donors (Lipinski definition) is 0. The first-order valence-electron chi connectivity index (χ1n) is 6.43. The van der Waals surface area contributed by atoms with E-state index < -0.39 is 0 Å². The van der Waals surface area contributed by atoms with E-state index in [1.54, 1.807) is 6.92 Å². The highest BCUT2D eigenvalue weighted by Gasteiger charge is 2.26. The van der Waals surface area contributed by atoms with Gasteiger partial charge in [0.15, 0.2) is 0 Å². The van der Waals surface area contributed by atoms with E-state index in [9.17, 15) is 4.79 Å². The number of nitrogens with zero attached hydrogens (tertiary/aromatic N) is 1. The topological polar surface area (TPSA) is 20.3 Å². The highest BCUT2D eigenvalue weighted by molar-refractivity contribution is 5.93. The quantitative estimate of drug-likeness (QED) is 0.724. The highest BCUT2D eigenvalue weighted by atomic mass is 16.2. The third-order valence-electron chi connectivity index (χ3n) is 3.64. The van der Waals surface area contributed by atoms with Crippen LogP contribution in [0.25, 0.3) is 0 Å². The van der Waals surface area contributed by atoms with E-state index in [1.165, 1.54) is 11.1 Å². The number of rotatable bonds is 1. The summed E-state index contributed by atoms with van der Waals surface area (Å²) in [6.07, 6.45) is 2.15. The Morgan fingerprint density at radius 3 is 2.71 bits per heavy atom. The molecule has 1 aromatic rings. The summed E-state index contributed by atoms with van der Waals surface area (Å²) >= 11 is 0. The Bertz CT molecular complexity index is 437. The lowest BCUT2D eigenvalue weighted by molar-refractivity contribution is -0.117.